The molecule has 0 heterocycles. The first kappa shape index (κ1) is 26.6. The molecule has 0 radical (unpaired) electrons. The van der Waals surface area contributed by atoms with Gasteiger partial charge in [0.1, 0.15) is 0 Å². The van der Waals surface area contributed by atoms with Crippen molar-refractivity contribution in [1.29, 1.82) is 0 Å². The number of nitrogens with one attached hydrogen (secondary N) is 1. The molecule has 140 valence electrons. The van der Waals surface area contributed by atoms with E-state index in [9.17, 15) is 26.4 Å². The van der Waals surface area contributed by atoms with Crippen molar-refractivity contribution in [2.45, 2.75) is 25.7 Å². The Morgan fingerprint density at radius 2 is 1.26 bits per heavy atom. The van der Waals surface area contributed by atoms with Gasteiger partial charge in [-0.2, -0.15) is 0 Å². The van der Waals surface area contributed by atoms with Gasteiger partial charge in [0.25, 0.3) is 0 Å². The fourth-order valence-electron chi connectivity index (χ4n) is 0.983. The van der Waals surface area contributed by atoms with Gasteiger partial charge in [0.15, 0.2) is 0 Å². The van der Waals surface area contributed by atoms with E-state index in [1.807, 2.05) is 0 Å². The molecule has 0 aromatic rings. The van der Waals surface area contributed by atoms with Gasteiger partial charge in [-0.25, -0.2) is 27.1 Å². The summed E-state index contributed by atoms with van der Waals surface area (Å²) >= 11 is 0. The highest BCUT2D eigenvalue weighted by Gasteiger charge is 2.04. The molecule has 0 rings (SSSR count). The van der Waals surface area contributed by atoms with E-state index in [-0.39, 0.29) is 43.1 Å². The molecule has 0 aliphatic rings. The van der Waals surface area contributed by atoms with Gasteiger partial charge in [-0.1, -0.05) is 0 Å². The van der Waals surface area contributed by atoms with Crippen molar-refractivity contribution in [2.75, 3.05) is 25.6 Å². The van der Waals surface area contributed by atoms with Gasteiger partial charge >= 0.3 is 5.97 Å². The van der Waals surface area contributed by atoms with Gasteiger partial charge in [-0.15, -0.1) is 0 Å². The van der Waals surface area contributed by atoms with E-state index in [0.717, 1.165) is 0 Å². The van der Waals surface area contributed by atoms with Gasteiger partial charge in [0.05, 0.1) is 11.5 Å². The highest BCUT2D eigenvalue weighted by molar-refractivity contribution is 7.89. The van der Waals surface area contributed by atoms with E-state index in [1.54, 1.807) is 0 Å². The van der Waals surface area contributed by atoms with Crippen molar-refractivity contribution in [3.05, 3.63) is 0 Å². The van der Waals surface area contributed by atoms with Crippen LogP contribution in [0.2, 0.25) is 0 Å². The lowest BCUT2D eigenvalue weighted by Gasteiger charge is -1.97. The smallest absolute Gasteiger partial charge is 0.303 e. The van der Waals surface area contributed by atoms with Crippen molar-refractivity contribution in [3.63, 3.8) is 0 Å². The molecule has 11 nitrogen and oxygen atoms in total. The molecule has 13 heteroatoms. The third-order valence-electron chi connectivity index (χ3n) is 1.93. The first-order valence-corrected chi connectivity index (χ1v) is 9.81. The summed E-state index contributed by atoms with van der Waals surface area (Å²) in [5, 5.41) is 19.8. The van der Waals surface area contributed by atoms with E-state index in [0.29, 0.717) is 0 Å². The van der Waals surface area contributed by atoms with Gasteiger partial charge in [-0.05, 0) is 19.9 Å². The average Bonchev–Trinajstić information content (AvgIpc) is 2.38. The third kappa shape index (κ3) is 33.5. The number of aliphatic carboxylic acids is 1. The van der Waals surface area contributed by atoms with Crippen LogP contribution in [0.1, 0.15) is 25.7 Å². The van der Waals surface area contributed by atoms with Crippen molar-refractivity contribution in [2.24, 2.45) is 16.0 Å². The minimum Gasteiger partial charge on any atom is -0.481 e. The molecule has 0 aromatic carbocycles. The molecular formula is C10H26N4O7S2. The molecule has 0 saturated heterocycles. The molecule has 0 aliphatic heterocycles. The van der Waals surface area contributed by atoms with Gasteiger partial charge in [-0.3, -0.25) is 9.59 Å². The van der Waals surface area contributed by atoms with Crippen molar-refractivity contribution in [3.8, 4) is 0 Å². The first-order valence-electron chi connectivity index (χ1n) is 6.38. The molecule has 0 aromatic heterocycles. The zero-order valence-electron chi connectivity index (χ0n) is 13.2. The summed E-state index contributed by atoms with van der Waals surface area (Å²) in [7, 11) is -3.89. The van der Waals surface area contributed by atoms with Gasteiger partial charge in [0, 0.05) is 19.9 Å². The number of carboxylic acid groups (broad SMARTS) is 1. The maximum Gasteiger partial charge on any atom is 0.303 e. The van der Waals surface area contributed by atoms with Crippen LogP contribution < -0.4 is 21.3 Å². The Balaban J connectivity index is -0.000000315. The quantitative estimate of drug-likeness (QED) is 0.304. The highest BCUT2D eigenvalue weighted by Crippen LogP contribution is 1.91. The third-order valence-corrected chi connectivity index (χ3v) is 3.65. The largest absolute Gasteiger partial charge is 0.481 e. The second-order valence-electron chi connectivity index (χ2n) is 4.01. The molecule has 0 fully saturated rings. The molecule has 0 bridgehead atoms. The van der Waals surface area contributed by atoms with Crippen LogP contribution in [0.25, 0.3) is 0 Å². The van der Waals surface area contributed by atoms with E-state index < -0.39 is 26.0 Å². The number of amides is 1. The molecule has 0 atom stereocenters. The summed E-state index contributed by atoms with van der Waals surface area (Å²) in [5.41, 5.74) is 4.50. The molecule has 0 unspecified atom stereocenters. The predicted octanol–water partition coefficient (Wildman–Crippen LogP) is -2.48. The van der Waals surface area contributed by atoms with Crippen LogP contribution in [0.5, 0.6) is 0 Å². The van der Waals surface area contributed by atoms with Crippen LogP contribution >= 0.6 is 0 Å². The van der Waals surface area contributed by atoms with Crippen LogP contribution in [0.15, 0.2) is 0 Å². The number of sulfonamides is 2. The number of hydrogen-bond donors (Lipinski definition) is 5. The summed E-state index contributed by atoms with van der Waals surface area (Å²) in [5.74, 6) is -1.59. The van der Waals surface area contributed by atoms with E-state index >= 15 is 0 Å². The van der Waals surface area contributed by atoms with Crippen molar-refractivity contribution in [1.82, 2.24) is 5.32 Å². The SMILES string of the molecule is CN.CNC(=O)CCCS(N)(=O)=O.NS(=O)(=O)CCCC(=O)O. The Labute approximate surface area is 136 Å². The average molecular weight is 378 g/mol. The fourth-order valence-corrected chi connectivity index (χ4v) is 2.08. The van der Waals surface area contributed by atoms with Crippen molar-refractivity contribution < 1.29 is 31.5 Å². The molecule has 8 N–H and O–H groups in total. The lowest BCUT2D eigenvalue weighted by molar-refractivity contribution is -0.137. The van der Waals surface area contributed by atoms with Gasteiger partial charge in [0.2, 0.25) is 26.0 Å². The molecule has 1 amide bonds. The number of nitrogens with two attached hydrogens (primary N) is 3. The van der Waals surface area contributed by atoms with E-state index in [4.69, 9.17) is 10.2 Å². The van der Waals surface area contributed by atoms with Crippen LogP contribution in [0, 0.1) is 0 Å². The second kappa shape index (κ2) is 14.3. The van der Waals surface area contributed by atoms with E-state index in [1.165, 1.54) is 14.1 Å². The maximum absolute atomic E-state index is 10.6. The van der Waals surface area contributed by atoms with Gasteiger partial charge < -0.3 is 16.2 Å². The Kier molecular flexibility index (Phi) is 16.6. The van der Waals surface area contributed by atoms with Crippen molar-refractivity contribution >= 4 is 31.9 Å². The number of primary sulfonamides is 2. The predicted molar refractivity (Wildman–Crippen MR) is 86.2 cm³/mol. The molecule has 0 saturated carbocycles. The Morgan fingerprint density at radius 1 is 0.913 bits per heavy atom. The standard InChI is InChI=1S/C5H12N2O3S.C4H9NO4S.CH5N/c1-7-5(8)3-2-4-11(6,9)10;5-10(8,9)3-1-2-4(6)7;1-2/h2-4H2,1H3,(H,7,8)(H2,6,9,10);1-3H2,(H,6,7)(H2,5,8,9);2H2,1H3. The summed E-state index contributed by atoms with van der Waals surface area (Å²) in [4.78, 5) is 20.4. The topological polar surface area (TPSA) is 213 Å². The number of hydrogen-bond acceptors (Lipinski definition) is 7. The zero-order valence-corrected chi connectivity index (χ0v) is 14.8. The molecular weight excluding hydrogens is 352 g/mol. The number of carboxylic acids is 1. The first-order chi connectivity index (χ1) is 10.4. The van der Waals surface area contributed by atoms with E-state index in [2.05, 4.69) is 16.2 Å². The summed E-state index contributed by atoms with van der Waals surface area (Å²) in [6, 6.07) is 0. The summed E-state index contributed by atoms with van der Waals surface area (Å²) < 4.78 is 41.1. The Morgan fingerprint density at radius 3 is 1.52 bits per heavy atom. The number of carbonyl (C=O) groups excluding carboxylic acids is 1. The minimum absolute atomic E-state index is 0.0775. The van der Waals surface area contributed by atoms with Crippen LogP contribution in [0.4, 0.5) is 0 Å². The lowest BCUT2D eigenvalue weighted by Crippen LogP contribution is -2.21. The Hall–Kier alpha value is -1.28. The molecule has 0 spiro atoms. The molecule has 0 aliphatic carbocycles. The zero-order chi connectivity index (χ0) is 19.1. The maximum atomic E-state index is 10.6. The number of rotatable bonds is 8. The minimum atomic E-state index is -3.48. The summed E-state index contributed by atoms with van der Waals surface area (Å²) in [6.45, 7) is 0. The second-order valence-corrected chi connectivity index (χ2v) is 7.48. The Bertz CT molecular complexity index is 531. The fraction of sp³-hybridized carbons (Fsp3) is 0.800. The van der Waals surface area contributed by atoms with Crippen LogP contribution in [0.3, 0.4) is 0 Å². The van der Waals surface area contributed by atoms with Crippen LogP contribution in [-0.2, 0) is 29.6 Å². The lowest BCUT2D eigenvalue weighted by atomic mass is 10.3. The van der Waals surface area contributed by atoms with Crippen LogP contribution in [-0.4, -0.2) is 59.4 Å². The summed E-state index contributed by atoms with van der Waals surface area (Å²) in [6.07, 6.45) is 0.399. The molecule has 23 heavy (non-hydrogen) atoms. The highest BCUT2D eigenvalue weighted by atomic mass is 32.2. The number of carbonyl (C=O) groups is 2. The normalized spacial score (nSPS) is 10.5. The monoisotopic (exact) mass is 378 g/mol.